The van der Waals surface area contributed by atoms with E-state index in [-0.39, 0.29) is 11.3 Å². The predicted octanol–water partition coefficient (Wildman–Crippen LogP) is 3.53. The molecule has 0 aliphatic rings. The van der Waals surface area contributed by atoms with Crippen LogP contribution in [0.25, 0.3) is 0 Å². The zero-order valence-electron chi connectivity index (χ0n) is 10.6. The molecule has 1 aromatic heterocycles. The van der Waals surface area contributed by atoms with Crippen molar-refractivity contribution in [2.75, 3.05) is 5.32 Å². The third-order valence-electron chi connectivity index (χ3n) is 2.65. The topological polar surface area (TPSA) is 85.1 Å². The van der Waals surface area contributed by atoms with E-state index in [1.807, 2.05) is 36.4 Å². The molecule has 6 nitrogen and oxygen atoms in total. The summed E-state index contributed by atoms with van der Waals surface area (Å²) in [5, 5.41) is 13.9. The summed E-state index contributed by atoms with van der Waals surface area (Å²) in [7, 11) is 0. The lowest BCUT2D eigenvalue weighted by molar-refractivity contribution is -0.384. The number of hydrogen-bond donors (Lipinski definition) is 1. The van der Waals surface area contributed by atoms with Crippen LogP contribution in [-0.4, -0.2) is 15.8 Å². The first-order valence-electron chi connectivity index (χ1n) is 5.58. The second kappa shape index (κ2) is 5.83. The fraction of sp³-hybridized carbons (Fsp3) is 0.167. The number of hydrogen-bond acceptors (Lipinski definition) is 5. The molecule has 20 heavy (non-hydrogen) atoms. The zero-order valence-corrected chi connectivity index (χ0v) is 13.6. The lowest BCUT2D eigenvalue weighted by Crippen LogP contribution is -2.13. The maximum Gasteiger partial charge on any atom is 0.270 e. The molecule has 2 rings (SSSR count). The van der Waals surface area contributed by atoms with Crippen LogP contribution < -0.4 is 5.32 Å². The van der Waals surface area contributed by atoms with E-state index in [2.05, 4.69) is 10.3 Å². The number of thiazole rings is 1. The molecule has 1 N–H and O–H groups in total. The summed E-state index contributed by atoms with van der Waals surface area (Å²) in [4.78, 5) is 27.6. The number of nitrogens with zero attached hydrogens (tertiary/aromatic N) is 2. The lowest BCUT2D eigenvalue weighted by Gasteiger charge is -2.04. The molecule has 0 saturated carbocycles. The van der Waals surface area contributed by atoms with Gasteiger partial charge >= 0.3 is 0 Å². The molecule has 2 aromatic rings. The molecular weight excluding hydrogens is 393 g/mol. The standard InChI is InChI=1S/C12H10IN3O3S/c1-6-7(2)20-12(14-6)15-11(17)9-5-8(16(18)19)3-4-10(9)13/h3-5H,1-2H3,(H,14,15,17). The van der Waals surface area contributed by atoms with Crippen molar-refractivity contribution in [1.29, 1.82) is 0 Å². The van der Waals surface area contributed by atoms with Gasteiger partial charge in [-0.2, -0.15) is 0 Å². The van der Waals surface area contributed by atoms with Crippen LogP contribution in [0.15, 0.2) is 18.2 Å². The Morgan fingerprint density at radius 2 is 2.15 bits per heavy atom. The number of nitro benzene ring substituents is 1. The Kier molecular flexibility index (Phi) is 4.33. The Morgan fingerprint density at radius 3 is 2.70 bits per heavy atom. The SMILES string of the molecule is Cc1nc(NC(=O)c2cc([N+](=O)[O-])ccc2I)sc1C. The number of nitro groups is 1. The molecule has 0 radical (unpaired) electrons. The second-order valence-electron chi connectivity index (χ2n) is 4.04. The summed E-state index contributed by atoms with van der Waals surface area (Å²) in [5.41, 5.74) is 1.02. The van der Waals surface area contributed by atoms with E-state index >= 15 is 0 Å². The van der Waals surface area contributed by atoms with Gasteiger partial charge in [-0.25, -0.2) is 4.98 Å². The van der Waals surface area contributed by atoms with E-state index in [4.69, 9.17) is 0 Å². The summed E-state index contributed by atoms with van der Waals surface area (Å²) in [6.07, 6.45) is 0. The van der Waals surface area contributed by atoms with Crippen molar-refractivity contribution < 1.29 is 9.72 Å². The number of amides is 1. The Labute approximate surface area is 132 Å². The summed E-state index contributed by atoms with van der Waals surface area (Å²) in [6.45, 7) is 3.78. The number of halogens is 1. The van der Waals surface area contributed by atoms with Crippen LogP contribution in [-0.2, 0) is 0 Å². The van der Waals surface area contributed by atoms with Crippen LogP contribution in [0.5, 0.6) is 0 Å². The Bertz CT molecular complexity index is 680. The first-order chi connectivity index (χ1) is 9.38. The molecule has 104 valence electrons. The van der Waals surface area contributed by atoms with Crippen molar-refractivity contribution in [3.05, 3.63) is 48.0 Å². The summed E-state index contributed by atoms with van der Waals surface area (Å²) < 4.78 is 0.649. The molecule has 8 heteroatoms. The van der Waals surface area contributed by atoms with Crippen molar-refractivity contribution in [2.45, 2.75) is 13.8 Å². The molecule has 1 amide bonds. The van der Waals surface area contributed by atoms with E-state index in [1.165, 1.54) is 23.5 Å². The van der Waals surface area contributed by atoms with Crippen LogP contribution >= 0.6 is 33.9 Å². The quantitative estimate of drug-likeness (QED) is 0.483. The molecule has 0 fully saturated rings. The highest BCUT2D eigenvalue weighted by Crippen LogP contribution is 2.24. The van der Waals surface area contributed by atoms with Crippen LogP contribution in [0, 0.1) is 27.5 Å². The number of aromatic nitrogens is 1. The van der Waals surface area contributed by atoms with Gasteiger partial charge in [0.25, 0.3) is 11.6 Å². The summed E-state index contributed by atoms with van der Waals surface area (Å²) in [6, 6.07) is 4.19. The van der Waals surface area contributed by atoms with Crippen LogP contribution in [0.1, 0.15) is 20.9 Å². The minimum Gasteiger partial charge on any atom is -0.298 e. The smallest absolute Gasteiger partial charge is 0.270 e. The van der Waals surface area contributed by atoms with Crippen molar-refractivity contribution >= 4 is 50.7 Å². The maximum atomic E-state index is 12.2. The van der Waals surface area contributed by atoms with Gasteiger partial charge in [0, 0.05) is 20.6 Å². The van der Waals surface area contributed by atoms with Gasteiger partial charge in [-0.3, -0.25) is 20.2 Å². The second-order valence-corrected chi connectivity index (χ2v) is 6.40. The van der Waals surface area contributed by atoms with Gasteiger partial charge in [0.2, 0.25) is 0 Å². The highest BCUT2D eigenvalue weighted by Gasteiger charge is 2.17. The van der Waals surface area contributed by atoms with Crippen molar-refractivity contribution in [1.82, 2.24) is 4.98 Å². The molecule has 0 unspecified atom stereocenters. The molecule has 1 aromatic carbocycles. The monoisotopic (exact) mass is 403 g/mol. The molecule has 0 bridgehead atoms. The molecule has 0 atom stereocenters. The third kappa shape index (κ3) is 3.12. The summed E-state index contributed by atoms with van der Waals surface area (Å²) in [5.74, 6) is -0.396. The highest BCUT2D eigenvalue weighted by molar-refractivity contribution is 14.1. The van der Waals surface area contributed by atoms with E-state index in [1.54, 1.807) is 6.07 Å². The number of carbonyl (C=O) groups excluding carboxylic acids is 1. The maximum absolute atomic E-state index is 12.2. The van der Waals surface area contributed by atoms with Crippen LogP contribution in [0.4, 0.5) is 10.8 Å². The molecule has 0 spiro atoms. The van der Waals surface area contributed by atoms with Gasteiger partial charge < -0.3 is 0 Å². The normalized spacial score (nSPS) is 10.3. The average Bonchev–Trinajstić information content (AvgIpc) is 2.68. The van der Waals surface area contributed by atoms with E-state index in [9.17, 15) is 14.9 Å². The first-order valence-corrected chi connectivity index (χ1v) is 7.47. The summed E-state index contributed by atoms with van der Waals surface area (Å²) >= 11 is 3.34. The van der Waals surface area contributed by atoms with E-state index in [0.717, 1.165) is 10.6 Å². The predicted molar refractivity (Wildman–Crippen MR) is 85.4 cm³/mol. The number of carbonyl (C=O) groups is 1. The van der Waals surface area contributed by atoms with Gasteiger partial charge in [0.1, 0.15) is 0 Å². The van der Waals surface area contributed by atoms with E-state index in [0.29, 0.717) is 8.70 Å². The van der Waals surface area contributed by atoms with Gasteiger partial charge in [0.05, 0.1) is 16.2 Å². The van der Waals surface area contributed by atoms with Crippen molar-refractivity contribution in [2.24, 2.45) is 0 Å². The van der Waals surface area contributed by atoms with Crippen LogP contribution in [0.3, 0.4) is 0 Å². The van der Waals surface area contributed by atoms with Crippen molar-refractivity contribution in [3.8, 4) is 0 Å². The Hall–Kier alpha value is -1.55. The zero-order chi connectivity index (χ0) is 14.9. The van der Waals surface area contributed by atoms with Gasteiger partial charge in [-0.05, 0) is 42.5 Å². The Morgan fingerprint density at radius 1 is 1.45 bits per heavy atom. The number of aryl methyl sites for hydroxylation is 2. The van der Waals surface area contributed by atoms with Crippen LogP contribution in [0.2, 0.25) is 0 Å². The molecule has 0 aliphatic carbocycles. The highest BCUT2D eigenvalue weighted by atomic mass is 127. The number of non-ortho nitro benzene ring substituents is 1. The van der Waals surface area contributed by atoms with Crippen molar-refractivity contribution in [3.63, 3.8) is 0 Å². The fourth-order valence-electron chi connectivity index (χ4n) is 1.49. The molecule has 0 saturated heterocycles. The third-order valence-corrected chi connectivity index (χ3v) is 4.58. The molecule has 0 aliphatic heterocycles. The first kappa shape index (κ1) is 14.9. The largest absolute Gasteiger partial charge is 0.298 e. The fourth-order valence-corrected chi connectivity index (χ4v) is 2.88. The van der Waals surface area contributed by atoms with Gasteiger partial charge in [-0.1, -0.05) is 0 Å². The van der Waals surface area contributed by atoms with Gasteiger partial charge in [0.15, 0.2) is 5.13 Å². The van der Waals surface area contributed by atoms with Gasteiger partial charge in [-0.15, -0.1) is 11.3 Å². The number of benzene rings is 1. The lowest BCUT2D eigenvalue weighted by atomic mass is 10.2. The minimum atomic E-state index is -0.523. The number of rotatable bonds is 3. The molecule has 1 heterocycles. The number of anilines is 1. The van der Waals surface area contributed by atoms with E-state index < -0.39 is 10.8 Å². The Balaban J connectivity index is 2.29. The molecular formula is C12H10IN3O3S. The minimum absolute atomic E-state index is 0.109. The average molecular weight is 403 g/mol. The number of nitrogens with one attached hydrogen (secondary N) is 1.